The largest absolute Gasteiger partial charge is 0.399 e. The standard InChI is InChI=1S/C15H9ClF5N7O/c16-10-2-11-22-4-9-12(28(11)26-10)7(15(19,20)21)5-27(9)14(29)24-6-1-8(13(17)18)25-23-3-6/h1-4,7,13H,5H2,(H,24,25,29). The number of amides is 2. The normalized spacial score (nSPS) is 16.5. The van der Waals surface area contributed by atoms with E-state index in [4.69, 9.17) is 11.6 Å². The van der Waals surface area contributed by atoms with E-state index in [0.29, 0.717) is 0 Å². The molecular formula is C15H9ClF5N7O. The Hall–Kier alpha value is -3.09. The number of hydrogen-bond acceptors (Lipinski definition) is 5. The maximum absolute atomic E-state index is 13.6. The second-order valence-electron chi connectivity index (χ2n) is 6.07. The fourth-order valence-electron chi connectivity index (χ4n) is 3.02. The van der Waals surface area contributed by atoms with Crippen molar-refractivity contribution in [2.24, 2.45) is 0 Å². The van der Waals surface area contributed by atoms with Gasteiger partial charge in [-0.05, 0) is 6.07 Å². The number of carbonyl (C=O) groups is 1. The SMILES string of the molecule is O=C(Nc1cnnc(C(F)F)c1)N1CC(C(F)(F)F)c2c1cnc1cc(Cl)nn21. The van der Waals surface area contributed by atoms with E-state index in [-0.39, 0.29) is 27.9 Å². The lowest BCUT2D eigenvalue weighted by Gasteiger charge is -2.19. The Balaban J connectivity index is 1.72. The summed E-state index contributed by atoms with van der Waals surface area (Å²) >= 11 is 5.77. The summed E-state index contributed by atoms with van der Waals surface area (Å²) in [6.07, 6.45) is -5.51. The molecule has 0 bridgehead atoms. The molecule has 0 radical (unpaired) electrons. The van der Waals surface area contributed by atoms with Gasteiger partial charge >= 0.3 is 12.2 Å². The fourth-order valence-corrected chi connectivity index (χ4v) is 3.19. The van der Waals surface area contributed by atoms with Gasteiger partial charge in [-0.2, -0.15) is 23.4 Å². The van der Waals surface area contributed by atoms with E-state index >= 15 is 0 Å². The first-order valence-electron chi connectivity index (χ1n) is 7.95. The first kappa shape index (κ1) is 19.2. The number of rotatable bonds is 2. The quantitative estimate of drug-likeness (QED) is 0.621. The number of nitrogens with one attached hydrogen (secondary N) is 1. The van der Waals surface area contributed by atoms with Crippen molar-refractivity contribution < 1.29 is 26.7 Å². The zero-order chi connectivity index (χ0) is 20.9. The molecule has 3 aromatic heterocycles. The summed E-state index contributed by atoms with van der Waals surface area (Å²) in [6, 6.07) is 1.18. The van der Waals surface area contributed by atoms with Gasteiger partial charge < -0.3 is 5.32 Å². The molecule has 0 spiro atoms. The smallest absolute Gasteiger partial charge is 0.306 e. The molecule has 1 atom stereocenters. The topological polar surface area (TPSA) is 88.3 Å². The third-order valence-corrected chi connectivity index (χ3v) is 4.43. The molecule has 1 aliphatic heterocycles. The third-order valence-electron chi connectivity index (χ3n) is 4.25. The Bertz CT molecular complexity index is 1100. The van der Waals surface area contributed by atoms with E-state index in [1.165, 1.54) is 6.07 Å². The molecule has 0 aliphatic carbocycles. The zero-order valence-electron chi connectivity index (χ0n) is 14.0. The summed E-state index contributed by atoms with van der Waals surface area (Å²) in [6.45, 7) is -0.747. The molecule has 0 saturated heterocycles. The van der Waals surface area contributed by atoms with Crippen LogP contribution in [-0.2, 0) is 0 Å². The molecule has 1 unspecified atom stereocenters. The molecule has 4 heterocycles. The number of hydrogen-bond donors (Lipinski definition) is 1. The highest BCUT2D eigenvalue weighted by Gasteiger charge is 2.50. The van der Waals surface area contributed by atoms with Gasteiger partial charge in [0.2, 0.25) is 0 Å². The number of alkyl halides is 5. The molecule has 0 fully saturated rings. The van der Waals surface area contributed by atoms with Gasteiger partial charge in [0.05, 0.1) is 29.5 Å². The van der Waals surface area contributed by atoms with Crippen LogP contribution >= 0.6 is 11.6 Å². The minimum Gasteiger partial charge on any atom is -0.306 e. The maximum Gasteiger partial charge on any atom is 0.399 e. The lowest BCUT2D eigenvalue weighted by molar-refractivity contribution is -0.147. The van der Waals surface area contributed by atoms with Crippen LogP contribution in [0.2, 0.25) is 5.15 Å². The van der Waals surface area contributed by atoms with Crippen LogP contribution < -0.4 is 10.2 Å². The predicted octanol–water partition coefficient (Wildman–Crippen LogP) is 3.81. The molecule has 3 aromatic rings. The van der Waals surface area contributed by atoms with Crippen LogP contribution in [0.15, 0.2) is 24.5 Å². The molecule has 0 saturated carbocycles. The molecule has 2 amide bonds. The molecule has 152 valence electrons. The van der Waals surface area contributed by atoms with E-state index < -0.39 is 36.8 Å². The van der Waals surface area contributed by atoms with Crippen molar-refractivity contribution in [3.05, 3.63) is 41.1 Å². The Labute approximate surface area is 163 Å². The number of halogens is 6. The number of anilines is 2. The van der Waals surface area contributed by atoms with Gasteiger partial charge in [0, 0.05) is 12.6 Å². The second-order valence-corrected chi connectivity index (χ2v) is 6.46. The van der Waals surface area contributed by atoms with Gasteiger partial charge in [0.1, 0.15) is 11.6 Å². The molecule has 29 heavy (non-hydrogen) atoms. The van der Waals surface area contributed by atoms with Crippen LogP contribution in [0.25, 0.3) is 5.65 Å². The van der Waals surface area contributed by atoms with Crippen molar-refractivity contribution in [3.63, 3.8) is 0 Å². The first-order valence-corrected chi connectivity index (χ1v) is 8.33. The molecular weight excluding hydrogens is 425 g/mol. The highest BCUT2D eigenvalue weighted by atomic mass is 35.5. The average Bonchev–Trinajstić information content (AvgIpc) is 3.21. The van der Waals surface area contributed by atoms with Crippen molar-refractivity contribution in [1.29, 1.82) is 0 Å². The Morgan fingerprint density at radius 2 is 2.03 bits per heavy atom. The van der Waals surface area contributed by atoms with Gasteiger partial charge in [-0.25, -0.2) is 23.1 Å². The Morgan fingerprint density at radius 3 is 2.72 bits per heavy atom. The van der Waals surface area contributed by atoms with Gasteiger partial charge in [-0.3, -0.25) is 4.90 Å². The summed E-state index contributed by atoms with van der Waals surface area (Å²) in [7, 11) is 0. The maximum atomic E-state index is 13.6. The lowest BCUT2D eigenvalue weighted by Crippen LogP contribution is -2.36. The monoisotopic (exact) mass is 433 g/mol. The van der Waals surface area contributed by atoms with E-state index in [0.717, 1.165) is 27.9 Å². The summed E-state index contributed by atoms with van der Waals surface area (Å²) in [4.78, 5) is 17.4. The zero-order valence-corrected chi connectivity index (χ0v) is 14.8. The number of aromatic nitrogens is 5. The van der Waals surface area contributed by atoms with Crippen LogP contribution in [0.4, 0.5) is 38.1 Å². The highest BCUT2D eigenvalue weighted by Crippen LogP contribution is 2.45. The van der Waals surface area contributed by atoms with Gasteiger partial charge in [-0.15, -0.1) is 5.10 Å². The molecule has 1 N–H and O–H groups in total. The first-order chi connectivity index (χ1) is 13.6. The van der Waals surface area contributed by atoms with Crippen LogP contribution in [0.5, 0.6) is 0 Å². The summed E-state index contributed by atoms with van der Waals surface area (Å²) in [5, 5.41) is 12.6. The summed E-state index contributed by atoms with van der Waals surface area (Å²) in [5.74, 6) is -2.04. The van der Waals surface area contributed by atoms with Gasteiger partial charge in [0.25, 0.3) is 6.43 Å². The van der Waals surface area contributed by atoms with Crippen LogP contribution in [0.1, 0.15) is 23.7 Å². The molecule has 0 aromatic carbocycles. The predicted molar refractivity (Wildman–Crippen MR) is 90.1 cm³/mol. The summed E-state index contributed by atoms with van der Waals surface area (Å²) < 4.78 is 67.3. The van der Waals surface area contributed by atoms with E-state index in [9.17, 15) is 26.7 Å². The average molecular weight is 434 g/mol. The molecule has 8 nitrogen and oxygen atoms in total. The van der Waals surface area contributed by atoms with Gasteiger partial charge in [0.15, 0.2) is 10.8 Å². The van der Waals surface area contributed by atoms with Crippen LogP contribution in [-0.4, -0.2) is 43.5 Å². The second kappa shape index (κ2) is 6.76. The number of fused-ring (bicyclic) bond motifs is 3. The molecule has 14 heteroatoms. The van der Waals surface area contributed by atoms with Crippen LogP contribution in [0, 0.1) is 0 Å². The molecule has 4 rings (SSSR count). The summed E-state index contributed by atoms with van der Waals surface area (Å²) in [5.41, 5.74) is -1.18. The van der Waals surface area contributed by atoms with Crippen molar-refractivity contribution in [1.82, 2.24) is 24.8 Å². The van der Waals surface area contributed by atoms with Crippen molar-refractivity contribution >= 4 is 34.7 Å². The van der Waals surface area contributed by atoms with E-state index in [1.807, 2.05) is 0 Å². The van der Waals surface area contributed by atoms with E-state index in [1.54, 1.807) is 0 Å². The third kappa shape index (κ3) is 3.41. The Kier molecular flexibility index (Phi) is 4.48. The van der Waals surface area contributed by atoms with Crippen molar-refractivity contribution in [2.75, 3.05) is 16.8 Å². The van der Waals surface area contributed by atoms with Gasteiger partial charge in [-0.1, -0.05) is 11.6 Å². The highest BCUT2D eigenvalue weighted by molar-refractivity contribution is 6.29. The number of urea groups is 1. The molecule has 1 aliphatic rings. The minimum atomic E-state index is -4.68. The van der Waals surface area contributed by atoms with E-state index in [2.05, 4.69) is 25.6 Å². The fraction of sp³-hybridized carbons (Fsp3) is 0.267. The van der Waals surface area contributed by atoms with Crippen LogP contribution in [0.3, 0.4) is 0 Å². The Morgan fingerprint density at radius 1 is 1.28 bits per heavy atom. The van der Waals surface area contributed by atoms with Crippen molar-refractivity contribution in [3.8, 4) is 0 Å². The number of carbonyl (C=O) groups excluding carboxylic acids is 1. The van der Waals surface area contributed by atoms with Crippen molar-refractivity contribution in [2.45, 2.75) is 18.5 Å². The lowest BCUT2D eigenvalue weighted by atomic mass is 10.1. The number of nitrogens with zero attached hydrogens (tertiary/aromatic N) is 6. The minimum absolute atomic E-state index is 0.0582.